The maximum atomic E-state index is 11.9. The number of aliphatic imine (C=N–C) groups is 1. The first-order valence-electron chi connectivity index (χ1n) is 9.13. The molecule has 0 spiro atoms. The second kappa shape index (κ2) is 9.89. The lowest BCUT2D eigenvalue weighted by molar-refractivity contribution is -0.127. The largest absolute Gasteiger partial charge is 0.490 e. The summed E-state index contributed by atoms with van der Waals surface area (Å²) in [6.07, 6.45) is 1.83. The minimum Gasteiger partial charge on any atom is -0.490 e. The third-order valence-corrected chi connectivity index (χ3v) is 4.16. The fourth-order valence-corrected chi connectivity index (χ4v) is 2.35. The van der Waals surface area contributed by atoms with Crippen LogP contribution in [0.1, 0.15) is 32.3 Å². The highest BCUT2D eigenvalue weighted by Crippen LogP contribution is 2.33. The van der Waals surface area contributed by atoms with Crippen LogP contribution < -0.4 is 20.1 Å². The number of para-hydroxylation sites is 1. The Morgan fingerprint density at radius 2 is 2.08 bits per heavy atom. The van der Waals surface area contributed by atoms with Crippen molar-refractivity contribution < 1.29 is 14.3 Å². The van der Waals surface area contributed by atoms with E-state index < -0.39 is 0 Å². The number of hydrogen-bond donors (Lipinski definition) is 2. The highest BCUT2D eigenvalue weighted by atomic mass is 16.5. The summed E-state index contributed by atoms with van der Waals surface area (Å²) in [4.78, 5) is 18.0. The first kappa shape index (κ1) is 19.9. The smallest absolute Gasteiger partial charge is 0.241 e. The molecule has 144 valence electrons. The molecule has 1 heterocycles. The number of likely N-dealkylation sites (N-methyl/N-ethyl adjacent to an activating group) is 1. The molecule has 7 nitrogen and oxygen atoms in total. The van der Waals surface area contributed by atoms with Crippen molar-refractivity contribution in [2.75, 3.05) is 33.9 Å². The van der Waals surface area contributed by atoms with Crippen LogP contribution >= 0.6 is 0 Å². The number of nitrogens with one attached hydrogen (secondary N) is 2. The molecule has 1 atom stereocenters. The molecule has 0 saturated heterocycles. The van der Waals surface area contributed by atoms with E-state index in [1.165, 1.54) is 0 Å². The fourth-order valence-electron chi connectivity index (χ4n) is 2.35. The lowest BCUT2D eigenvalue weighted by Gasteiger charge is -2.18. The summed E-state index contributed by atoms with van der Waals surface area (Å²) in [5.74, 6) is 2.14. The number of guanidine groups is 1. The molecular formula is C19H30N4O3. The number of fused-ring (bicyclic) bond motifs is 1. The highest BCUT2D eigenvalue weighted by Gasteiger charge is 2.15. The summed E-state index contributed by atoms with van der Waals surface area (Å²) in [5.41, 5.74) is 0.966. The van der Waals surface area contributed by atoms with E-state index in [1.54, 1.807) is 19.0 Å². The van der Waals surface area contributed by atoms with Gasteiger partial charge in [-0.15, -0.1) is 0 Å². The van der Waals surface area contributed by atoms with Gasteiger partial charge in [0.15, 0.2) is 17.5 Å². The van der Waals surface area contributed by atoms with Crippen molar-refractivity contribution >= 4 is 11.9 Å². The Hall–Kier alpha value is -2.44. The van der Waals surface area contributed by atoms with Crippen molar-refractivity contribution in [1.82, 2.24) is 15.5 Å². The minimum absolute atomic E-state index is 0.00559. The van der Waals surface area contributed by atoms with Gasteiger partial charge < -0.3 is 25.0 Å². The summed E-state index contributed by atoms with van der Waals surface area (Å²) < 4.78 is 11.6. The number of hydrogen-bond acceptors (Lipinski definition) is 4. The quantitative estimate of drug-likeness (QED) is 0.596. The molecule has 0 radical (unpaired) electrons. The van der Waals surface area contributed by atoms with Gasteiger partial charge in [0.05, 0.1) is 26.3 Å². The molecule has 7 heteroatoms. The van der Waals surface area contributed by atoms with Gasteiger partial charge in [-0.25, -0.2) is 4.99 Å². The lowest BCUT2D eigenvalue weighted by atomic mass is 10.2. The zero-order chi connectivity index (χ0) is 18.9. The van der Waals surface area contributed by atoms with Crippen LogP contribution in [0, 0.1) is 0 Å². The average molecular weight is 362 g/mol. The van der Waals surface area contributed by atoms with Gasteiger partial charge in [0.2, 0.25) is 5.91 Å². The van der Waals surface area contributed by atoms with Gasteiger partial charge in [-0.05, 0) is 19.4 Å². The summed E-state index contributed by atoms with van der Waals surface area (Å²) in [6.45, 7) is 6.12. The van der Waals surface area contributed by atoms with Crippen molar-refractivity contribution in [1.29, 1.82) is 0 Å². The SMILES string of the molecule is CCC(C)NC(=NCc1cccc2c1OCCCO2)NCC(=O)N(C)C. The molecule has 1 aromatic carbocycles. The summed E-state index contributed by atoms with van der Waals surface area (Å²) >= 11 is 0. The van der Waals surface area contributed by atoms with Crippen LogP contribution in [-0.4, -0.2) is 56.7 Å². The van der Waals surface area contributed by atoms with Crippen LogP contribution in [-0.2, 0) is 11.3 Å². The van der Waals surface area contributed by atoms with E-state index in [4.69, 9.17) is 9.47 Å². The molecule has 2 N–H and O–H groups in total. The summed E-state index contributed by atoms with van der Waals surface area (Å²) in [5, 5.41) is 6.42. The summed E-state index contributed by atoms with van der Waals surface area (Å²) in [6, 6.07) is 6.11. The van der Waals surface area contributed by atoms with E-state index >= 15 is 0 Å². The first-order chi connectivity index (χ1) is 12.5. The Kier molecular flexibility index (Phi) is 7.56. The van der Waals surface area contributed by atoms with Crippen LogP contribution in [0.2, 0.25) is 0 Å². The molecule has 0 bridgehead atoms. The number of ether oxygens (including phenoxy) is 2. The molecule has 1 aromatic rings. The molecule has 26 heavy (non-hydrogen) atoms. The van der Waals surface area contributed by atoms with Gasteiger partial charge >= 0.3 is 0 Å². The van der Waals surface area contributed by atoms with Gasteiger partial charge in [0.1, 0.15) is 0 Å². The van der Waals surface area contributed by atoms with E-state index in [1.807, 2.05) is 18.2 Å². The van der Waals surface area contributed by atoms with E-state index in [0.717, 1.165) is 29.9 Å². The van der Waals surface area contributed by atoms with Gasteiger partial charge in [-0.2, -0.15) is 0 Å². The molecule has 1 amide bonds. The molecule has 1 unspecified atom stereocenters. The van der Waals surface area contributed by atoms with E-state index in [2.05, 4.69) is 29.5 Å². The number of nitrogens with zero attached hydrogens (tertiary/aromatic N) is 2. The molecule has 1 aliphatic heterocycles. The number of benzene rings is 1. The fraction of sp³-hybridized carbons (Fsp3) is 0.579. The van der Waals surface area contributed by atoms with Gasteiger partial charge in [0.25, 0.3) is 0 Å². The van der Waals surface area contributed by atoms with E-state index in [-0.39, 0.29) is 18.5 Å². The predicted molar refractivity (Wildman–Crippen MR) is 103 cm³/mol. The minimum atomic E-state index is -0.00559. The third-order valence-electron chi connectivity index (χ3n) is 4.16. The molecule has 0 saturated carbocycles. The molecule has 2 rings (SSSR count). The van der Waals surface area contributed by atoms with Crippen LogP contribution in [0.15, 0.2) is 23.2 Å². The van der Waals surface area contributed by atoms with Crippen LogP contribution in [0.25, 0.3) is 0 Å². The highest BCUT2D eigenvalue weighted by molar-refractivity contribution is 5.86. The van der Waals surface area contributed by atoms with Crippen molar-refractivity contribution in [3.63, 3.8) is 0 Å². The average Bonchev–Trinajstić information content (AvgIpc) is 2.89. The van der Waals surface area contributed by atoms with Crippen molar-refractivity contribution in [3.05, 3.63) is 23.8 Å². The van der Waals surface area contributed by atoms with Gasteiger partial charge in [-0.1, -0.05) is 19.1 Å². The molecule has 0 fully saturated rings. The number of carbonyl (C=O) groups excluding carboxylic acids is 1. The number of rotatable bonds is 6. The van der Waals surface area contributed by atoms with Crippen molar-refractivity contribution in [2.24, 2.45) is 4.99 Å². The third kappa shape index (κ3) is 5.82. The monoisotopic (exact) mass is 362 g/mol. The van der Waals surface area contributed by atoms with Crippen LogP contribution in [0.4, 0.5) is 0 Å². The second-order valence-electron chi connectivity index (χ2n) is 6.56. The van der Waals surface area contributed by atoms with Gasteiger partial charge in [0, 0.05) is 32.1 Å². The van der Waals surface area contributed by atoms with Crippen LogP contribution in [0.3, 0.4) is 0 Å². The molecule has 0 aliphatic carbocycles. The number of carbonyl (C=O) groups is 1. The van der Waals surface area contributed by atoms with Crippen molar-refractivity contribution in [3.8, 4) is 11.5 Å². The predicted octanol–water partition coefficient (Wildman–Crippen LogP) is 1.77. The Balaban J connectivity index is 2.12. The molecule has 1 aliphatic rings. The Morgan fingerprint density at radius 3 is 2.81 bits per heavy atom. The topological polar surface area (TPSA) is 75.2 Å². The van der Waals surface area contributed by atoms with Crippen molar-refractivity contribution in [2.45, 2.75) is 39.3 Å². The second-order valence-corrected chi connectivity index (χ2v) is 6.56. The molecular weight excluding hydrogens is 332 g/mol. The standard InChI is InChI=1S/C19H30N4O3/c1-5-14(2)22-19(21-13-17(24)23(3)4)20-12-15-8-6-9-16-18(15)26-11-7-10-25-16/h6,8-9,14H,5,7,10-13H2,1-4H3,(H2,20,21,22). The van der Waals surface area contributed by atoms with E-state index in [0.29, 0.717) is 25.7 Å². The van der Waals surface area contributed by atoms with Gasteiger partial charge in [-0.3, -0.25) is 4.79 Å². The Bertz CT molecular complexity index is 631. The normalized spacial score (nSPS) is 15.0. The maximum Gasteiger partial charge on any atom is 0.241 e. The zero-order valence-corrected chi connectivity index (χ0v) is 16.2. The summed E-state index contributed by atoms with van der Waals surface area (Å²) in [7, 11) is 3.47. The zero-order valence-electron chi connectivity index (χ0n) is 16.2. The molecule has 0 aromatic heterocycles. The maximum absolute atomic E-state index is 11.9. The Morgan fingerprint density at radius 1 is 1.31 bits per heavy atom. The first-order valence-corrected chi connectivity index (χ1v) is 9.13. The Labute approximate surface area is 155 Å². The number of amides is 1. The van der Waals surface area contributed by atoms with E-state index in [9.17, 15) is 4.79 Å². The van der Waals surface area contributed by atoms with Crippen LogP contribution in [0.5, 0.6) is 11.5 Å². The lowest BCUT2D eigenvalue weighted by Crippen LogP contribution is -2.45.